The van der Waals surface area contributed by atoms with Crippen LogP contribution < -0.4 is 4.80 Å². The fourth-order valence-electron chi connectivity index (χ4n) is 2.67. The van der Waals surface area contributed by atoms with E-state index in [9.17, 15) is 13.2 Å². The number of carbonyl (C=O) groups excluding carboxylic acids is 1. The molecule has 0 saturated carbocycles. The lowest BCUT2D eigenvalue weighted by atomic mass is 10.2. The zero-order valence-corrected chi connectivity index (χ0v) is 16.3. The Bertz CT molecular complexity index is 1110. The molecule has 0 radical (unpaired) electrons. The molecule has 26 heavy (non-hydrogen) atoms. The Morgan fingerprint density at radius 3 is 2.62 bits per heavy atom. The number of hydrogen-bond acceptors (Lipinski definition) is 4. The van der Waals surface area contributed by atoms with E-state index < -0.39 is 9.84 Å². The smallest absolute Gasteiger partial charge is 0.248 e. The third-order valence-electron chi connectivity index (χ3n) is 4.09. The van der Waals surface area contributed by atoms with Crippen LogP contribution in [0.4, 0.5) is 0 Å². The lowest BCUT2D eigenvalue weighted by Gasteiger charge is -2.02. The van der Waals surface area contributed by atoms with Crippen molar-refractivity contribution in [3.05, 3.63) is 58.9 Å². The van der Waals surface area contributed by atoms with Crippen LogP contribution in [0, 0.1) is 6.92 Å². The summed E-state index contributed by atoms with van der Waals surface area (Å²) in [7, 11) is -1.48. The van der Waals surface area contributed by atoms with E-state index in [1.54, 1.807) is 30.3 Å². The number of nitrogens with zero attached hydrogens (tertiary/aromatic N) is 2. The van der Waals surface area contributed by atoms with Gasteiger partial charge in [-0.25, -0.2) is 8.42 Å². The van der Waals surface area contributed by atoms with Gasteiger partial charge in [-0.05, 0) is 43.2 Å². The first kappa shape index (κ1) is 18.5. The molecule has 0 fully saturated rings. The van der Waals surface area contributed by atoms with Crippen LogP contribution in [-0.2, 0) is 21.7 Å². The zero-order chi connectivity index (χ0) is 18.7. The first-order valence-corrected chi connectivity index (χ1v) is 10.8. The average molecular weight is 389 g/mol. The maximum Gasteiger partial charge on any atom is 0.248 e. The Labute approximate surface area is 156 Å². The molecule has 1 amide bonds. The molecular formula is C19H20N2O3S2. The number of benzene rings is 2. The molecule has 0 saturated heterocycles. The fraction of sp³-hybridized carbons (Fsp3) is 0.263. The van der Waals surface area contributed by atoms with Crippen molar-refractivity contribution in [1.82, 2.24) is 4.57 Å². The van der Waals surface area contributed by atoms with E-state index in [0.29, 0.717) is 4.80 Å². The molecule has 1 aromatic heterocycles. The van der Waals surface area contributed by atoms with Gasteiger partial charge >= 0.3 is 0 Å². The van der Waals surface area contributed by atoms with Gasteiger partial charge in [-0.2, -0.15) is 4.99 Å². The molecule has 3 rings (SSSR count). The summed E-state index contributed by atoms with van der Waals surface area (Å²) in [5.41, 5.74) is 2.18. The quantitative estimate of drug-likeness (QED) is 0.674. The third kappa shape index (κ3) is 4.11. The van der Waals surface area contributed by atoms with Crippen LogP contribution in [0.1, 0.15) is 18.4 Å². The maximum absolute atomic E-state index is 12.2. The van der Waals surface area contributed by atoms with Gasteiger partial charge in [-0.15, -0.1) is 0 Å². The average Bonchev–Trinajstić information content (AvgIpc) is 2.90. The minimum absolute atomic E-state index is 0.0595. The molecule has 0 aliphatic heterocycles. The van der Waals surface area contributed by atoms with Crippen LogP contribution in [-0.4, -0.2) is 24.6 Å². The van der Waals surface area contributed by atoms with Gasteiger partial charge in [0.15, 0.2) is 14.6 Å². The van der Waals surface area contributed by atoms with Gasteiger partial charge < -0.3 is 4.57 Å². The Morgan fingerprint density at radius 2 is 1.88 bits per heavy atom. The number of fused-ring (bicyclic) bond motifs is 1. The van der Waals surface area contributed by atoms with Gasteiger partial charge in [-0.1, -0.05) is 35.6 Å². The molecular weight excluding hydrogens is 368 g/mol. The molecule has 136 valence electrons. The fourth-order valence-corrected chi connectivity index (χ4v) is 5.14. The summed E-state index contributed by atoms with van der Waals surface area (Å²) in [4.78, 5) is 17.2. The van der Waals surface area contributed by atoms with E-state index in [1.807, 2.05) is 30.7 Å². The van der Waals surface area contributed by atoms with Crippen molar-refractivity contribution < 1.29 is 13.2 Å². The van der Waals surface area contributed by atoms with Crippen molar-refractivity contribution in [2.45, 2.75) is 24.7 Å². The summed E-state index contributed by atoms with van der Waals surface area (Å²) in [6.07, 6.45) is 0.368. The highest BCUT2D eigenvalue weighted by Crippen LogP contribution is 2.18. The second-order valence-electron chi connectivity index (χ2n) is 6.16. The molecule has 0 atom stereocenters. The number of aryl methyl sites for hydroxylation is 2. The summed E-state index contributed by atoms with van der Waals surface area (Å²) in [5, 5.41) is 0. The monoisotopic (exact) mass is 388 g/mol. The van der Waals surface area contributed by atoms with Crippen LogP contribution in [0.2, 0.25) is 0 Å². The second kappa shape index (κ2) is 7.55. The SMILES string of the molecule is Cc1ccc2c(c1)sc(=NC(=O)CCCS(=O)(=O)c1ccccc1)n2C. The number of aromatic nitrogens is 1. The molecule has 7 heteroatoms. The highest BCUT2D eigenvalue weighted by atomic mass is 32.2. The topological polar surface area (TPSA) is 68.5 Å². The number of sulfone groups is 1. The normalized spacial score (nSPS) is 12.6. The highest BCUT2D eigenvalue weighted by molar-refractivity contribution is 7.91. The number of hydrogen-bond donors (Lipinski definition) is 0. The standard InChI is InChI=1S/C19H20N2O3S2/c1-14-10-11-16-17(13-14)25-19(21(16)2)20-18(22)9-6-12-26(23,24)15-7-4-3-5-8-15/h3-5,7-8,10-11,13H,6,9,12H2,1-2H3. The minimum Gasteiger partial charge on any atom is -0.319 e. The van der Waals surface area contributed by atoms with Crippen LogP contribution in [0.5, 0.6) is 0 Å². The first-order valence-electron chi connectivity index (χ1n) is 8.28. The van der Waals surface area contributed by atoms with Crippen LogP contribution in [0.15, 0.2) is 58.4 Å². The maximum atomic E-state index is 12.2. The summed E-state index contributed by atoms with van der Waals surface area (Å²) >= 11 is 1.46. The van der Waals surface area contributed by atoms with Gasteiger partial charge in [-0.3, -0.25) is 4.79 Å². The number of amides is 1. The number of thiazole rings is 1. The van der Waals surface area contributed by atoms with Gasteiger partial charge in [0.25, 0.3) is 0 Å². The molecule has 0 N–H and O–H groups in total. The number of carbonyl (C=O) groups is 1. The van der Waals surface area contributed by atoms with Crippen molar-refractivity contribution >= 4 is 37.3 Å². The summed E-state index contributed by atoms with van der Waals surface area (Å²) in [6.45, 7) is 2.02. The molecule has 2 aromatic carbocycles. The van der Waals surface area contributed by atoms with E-state index in [0.717, 1.165) is 15.8 Å². The van der Waals surface area contributed by atoms with Crippen molar-refractivity contribution in [3.8, 4) is 0 Å². The van der Waals surface area contributed by atoms with Crippen LogP contribution in [0.25, 0.3) is 10.2 Å². The molecule has 0 unspecified atom stereocenters. The third-order valence-corrected chi connectivity index (χ3v) is 7.00. The van der Waals surface area contributed by atoms with Crippen LogP contribution in [0.3, 0.4) is 0 Å². The summed E-state index contributed by atoms with van der Waals surface area (Å²) in [6, 6.07) is 14.4. The van der Waals surface area contributed by atoms with Gasteiger partial charge in [0, 0.05) is 13.5 Å². The Morgan fingerprint density at radius 1 is 1.15 bits per heavy atom. The number of rotatable bonds is 5. The van der Waals surface area contributed by atoms with E-state index in [-0.39, 0.29) is 29.4 Å². The van der Waals surface area contributed by atoms with Crippen molar-refractivity contribution in [2.75, 3.05) is 5.75 Å². The van der Waals surface area contributed by atoms with Crippen molar-refractivity contribution in [1.29, 1.82) is 0 Å². The van der Waals surface area contributed by atoms with Crippen molar-refractivity contribution in [3.63, 3.8) is 0 Å². The largest absolute Gasteiger partial charge is 0.319 e. The Kier molecular flexibility index (Phi) is 5.38. The van der Waals surface area contributed by atoms with E-state index >= 15 is 0 Å². The second-order valence-corrected chi connectivity index (χ2v) is 9.27. The first-order chi connectivity index (χ1) is 12.4. The lowest BCUT2D eigenvalue weighted by molar-refractivity contribution is -0.118. The molecule has 0 spiro atoms. The molecule has 3 aromatic rings. The van der Waals surface area contributed by atoms with Gasteiger partial charge in [0.05, 0.1) is 20.9 Å². The van der Waals surface area contributed by atoms with E-state index in [1.165, 1.54) is 11.3 Å². The molecule has 0 aliphatic rings. The minimum atomic E-state index is -3.36. The predicted octanol–water partition coefficient (Wildman–Crippen LogP) is 3.23. The Balaban J connectivity index is 1.70. The van der Waals surface area contributed by atoms with E-state index in [4.69, 9.17) is 0 Å². The molecule has 0 aliphatic carbocycles. The van der Waals surface area contributed by atoms with Crippen LogP contribution >= 0.6 is 11.3 Å². The van der Waals surface area contributed by atoms with Crippen molar-refractivity contribution in [2.24, 2.45) is 12.0 Å². The summed E-state index contributed by atoms with van der Waals surface area (Å²) < 4.78 is 27.4. The molecule has 1 heterocycles. The lowest BCUT2D eigenvalue weighted by Crippen LogP contribution is -2.14. The van der Waals surface area contributed by atoms with Gasteiger partial charge in [0.1, 0.15) is 0 Å². The Hall–Kier alpha value is -2.25. The molecule has 5 nitrogen and oxygen atoms in total. The highest BCUT2D eigenvalue weighted by Gasteiger charge is 2.14. The zero-order valence-electron chi connectivity index (χ0n) is 14.7. The predicted molar refractivity (Wildman–Crippen MR) is 104 cm³/mol. The van der Waals surface area contributed by atoms with E-state index in [2.05, 4.69) is 11.1 Å². The molecule has 0 bridgehead atoms. The summed E-state index contributed by atoms with van der Waals surface area (Å²) in [5.74, 6) is -0.358. The van der Waals surface area contributed by atoms with Gasteiger partial charge in [0.2, 0.25) is 5.91 Å².